The van der Waals surface area contributed by atoms with Crippen LogP contribution < -0.4 is 14.4 Å². The lowest BCUT2D eigenvalue weighted by atomic mass is 10.0. The van der Waals surface area contributed by atoms with Crippen LogP contribution in [0.1, 0.15) is 48.0 Å². The third-order valence-electron chi connectivity index (χ3n) is 7.55. The number of amides is 2. The Hall–Kier alpha value is -5.33. The Labute approximate surface area is 249 Å². The van der Waals surface area contributed by atoms with Crippen LogP contribution in [0.2, 0.25) is 0 Å². The number of alkyl halides is 3. The van der Waals surface area contributed by atoms with Gasteiger partial charge in [0, 0.05) is 55.0 Å². The van der Waals surface area contributed by atoms with Crippen LogP contribution in [-0.2, 0) is 23.9 Å². The van der Waals surface area contributed by atoms with E-state index in [1.807, 2.05) is 0 Å². The summed E-state index contributed by atoms with van der Waals surface area (Å²) in [4.78, 5) is 41.0. The van der Waals surface area contributed by atoms with Crippen molar-refractivity contribution in [3.8, 4) is 17.2 Å². The van der Waals surface area contributed by atoms with Crippen LogP contribution in [0, 0.1) is 0 Å². The summed E-state index contributed by atoms with van der Waals surface area (Å²) in [7, 11) is 2.82. The van der Waals surface area contributed by atoms with E-state index in [1.165, 1.54) is 51.9 Å². The smallest absolute Gasteiger partial charge is 0.435 e. The topological polar surface area (TPSA) is 103 Å². The molecule has 0 N–H and O–H groups in total. The summed E-state index contributed by atoms with van der Waals surface area (Å²) in [6.45, 7) is -0.0883. The van der Waals surface area contributed by atoms with Gasteiger partial charge < -0.3 is 24.0 Å². The Morgan fingerprint density at radius 1 is 0.932 bits per heavy atom. The fraction of sp³-hybridized carbons (Fsp3) is 0.226. The first-order valence-electron chi connectivity index (χ1n) is 13.5. The molecule has 10 nitrogen and oxygen atoms in total. The zero-order chi connectivity index (χ0) is 31.2. The number of esters is 1. The quantitative estimate of drug-likeness (QED) is 0.299. The van der Waals surface area contributed by atoms with E-state index in [0.29, 0.717) is 22.9 Å². The number of carbonyl (C=O) groups excluding carboxylic acids is 3. The molecule has 2 aliphatic rings. The average Bonchev–Trinajstić information content (AvgIpc) is 3.68. The van der Waals surface area contributed by atoms with Crippen LogP contribution in [0.25, 0.3) is 5.69 Å². The molecule has 0 atom stereocenters. The van der Waals surface area contributed by atoms with E-state index >= 15 is 0 Å². The SMILES string of the molecule is COC(=O)c1ccc(C(=O)N2CCc3c(c(C(F)(F)F)nn3-c3cccc(C(=O)N(C)c4ccc5c(c4)OCO5)c3)C2)cc1. The van der Waals surface area contributed by atoms with Crippen LogP contribution in [0.5, 0.6) is 11.5 Å². The highest BCUT2D eigenvalue weighted by Gasteiger charge is 2.41. The zero-order valence-corrected chi connectivity index (χ0v) is 23.6. The molecule has 0 radical (unpaired) electrons. The average molecular weight is 607 g/mol. The molecule has 0 unspecified atom stereocenters. The van der Waals surface area contributed by atoms with E-state index in [9.17, 15) is 27.6 Å². The lowest BCUT2D eigenvalue weighted by Crippen LogP contribution is -2.37. The molecule has 0 spiro atoms. The molecule has 0 saturated heterocycles. The van der Waals surface area contributed by atoms with Crippen molar-refractivity contribution in [2.75, 3.05) is 32.4 Å². The molecule has 0 aliphatic carbocycles. The van der Waals surface area contributed by atoms with Gasteiger partial charge in [0.2, 0.25) is 6.79 Å². The largest absolute Gasteiger partial charge is 0.465 e. The predicted molar refractivity (Wildman–Crippen MR) is 150 cm³/mol. The Kier molecular flexibility index (Phi) is 7.23. The van der Waals surface area contributed by atoms with Gasteiger partial charge in [0.25, 0.3) is 11.8 Å². The van der Waals surface area contributed by atoms with E-state index < -0.39 is 29.7 Å². The number of nitrogens with zero attached hydrogens (tertiary/aromatic N) is 4. The number of carbonyl (C=O) groups is 3. The van der Waals surface area contributed by atoms with E-state index in [0.717, 1.165) is 0 Å². The number of hydrogen-bond acceptors (Lipinski definition) is 7. The van der Waals surface area contributed by atoms with Gasteiger partial charge in [0.1, 0.15) is 0 Å². The minimum absolute atomic E-state index is 0.0860. The molecule has 13 heteroatoms. The third-order valence-corrected chi connectivity index (χ3v) is 7.55. The molecule has 1 aromatic heterocycles. The maximum Gasteiger partial charge on any atom is 0.435 e. The van der Waals surface area contributed by atoms with Gasteiger partial charge in [-0.1, -0.05) is 6.07 Å². The van der Waals surface area contributed by atoms with Crippen LogP contribution in [0.4, 0.5) is 18.9 Å². The highest BCUT2D eigenvalue weighted by Crippen LogP contribution is 2.37. The number of ether oxygens (including phenoxy) is 3. The number of rotatable bonds is 5. The van der Waals surface area contributed by atoms with Gasteiger partial charge in [-0.15, -0.1) is 0 Å². The van der Waals surface area contributed by atoms with Crippen LogP contribution in [0.15, 0.2) is 66.7 Å². The Morgan fingerprint density at radius 2 is 1.66 bits per heavy atom. The summed E-state index contributed by atoms with van der Waals surface area (Å²) in [5.74, 6) is -0.370. The van der Waals surface area contributed by atoms with Crippen molar-refractivity contribution in [1.82, 2.24) is 14.7 Å². The summed E-state index contributed by atoms with van der Waals surface area (Å²) in [5, 5.41) is 3.93. The van der Waals surface area contributed by atoms with E-state index in [1.54, 1.807) is 43.4 Å². The number of benzene rings is 3. The number of fused-ring (bicyclic) bond motifs is 2. The van der Waals surface area contributed by atoms with Crippen molar-refractivity contribution < 1.29 is 41.8 Å². The molecular weight excluding hydrogens is 581 g/mol. The predicted octanol–water partition coefficient (Wildman–Crippen LogP) is 4.88. The van der Waals surface area contributed by atoms with Crippen molar-refractivity contribution in [3.05, 3.63) is 100 Å². The van der Waals surface area contributed by atoms with Gasteiger partial charge in [-0.3, -0.25) is 9.59 Å². The molecule has 2 amide bonds. The molecule has 3 heterocycles. The summed E-state index contributed by atoms with van der Waals surface area (Å²) < 4.78 is 59.2. The Bertz CT molecular complexity index is 1780. The lowest BCUT2D eigenvalue weighted by molar-refractivity contribution is -0.142. The molecule has 2 aliphatic heterocycles. The van der Waals surface area contributed by atoms with Crippen molar-refractivity contribution in [2.45, 2.75) is 19.1 Å². The summed E-state index contributed by atoms with van der Waals surface area (Å²) in [6.07, 6.45) is -4.68. The first-order chi connectivity index (χ1) is 21.0. The minimum atomic E-state index is -4.78. The van der Waals surface area contributed by atoms with Gasteiger partial charge in [-0.2, -0.15) is 18.3 Å². The van der Waals surface area contributed by atoms with E-state index in [2.05, 4.69) is 9.84 Å². The molecule has 44 heavy (non-hydrogen) atoms. The highest BCUT2D eigenvalue weighted by atomic mass is 19.4. The molecule has 0 fully saturated rings. The van der Waals surface area contributed by atoms with Crippen LogP contribution in [-0.4, -0.2) is 60.0 Å². The molecule has 4 aromatic rings. The number of anilines is 1. The number of methoxy groups -OCH3 is 1. The summed E-state index contributed by atoms with van der Waals surface area (Å²) in [6, 6.07) is 17.0. The van der Waals surface area contributed by atoms with Gasteiger partial charge >= 0.3 is 12.1 Å². The zero-order valence-electron chi connectivity index (χ0n) is 23.6. The monoisotopic (exact) mass is 606 g/mol. The summed E-state index contributed by atoms with van der Waals surface area (Å²) in [5.41, 5.74) is 0.621. The Morgan fingerprint density at radius 3 is 2.39 bits per heavy atom. The van der Waals surface area contributed by atoms with Crippen molar-refractivity contribution in [1.29, 1.82) is 0 Å². The summed E-state index contributed by atoms with van der Waals surface area (Å²) >= 11 is 0. The molecule has 0 bridgehead atoms. The van der Waals surface area contributed by atoms with E-state index in [-0.39, 0.29) is 54.2 Å². The van der Waals surface area contributed by atoms with Crippen LogP contribution in [0.3, 0.4) is 0 Å². The van der Waals surface area contributed by atoms with Crippen molar-refractivity contribution in [3.63, 3.8) is 0 Å². The molecule has 3 aromatic carbocycles. The Balaban J connectivity index is 1.28. The molecule has 6 rings (SSSR count). The molecule has 226 valence electrons. The normalized spacial score (nSPS) is 13.8. The van der Waals surface area contributed by atoms with Gasteiger partial charge in [-0.05, 0) is 54.6 Å². The van der Waals surface area contributed by atoms with Gasteiger partial charge in [-0.25, -0.2) is 9.48 Å². The maximum atomic E-state index is 14.2. The van der Waals surface area contributed by atoms with Crippen molar-refractivity contribution >= 4 is 23.5 Å². The van der Waals surface area contributed by atoms with E-state index in [4.69, 9.17) is 9.47 Å². The minimum Gasteiger partial charge on any atom is -0.465 e. The van der Waals surface area contributed by atoms with Gasteiger partial charge in [0.05, 0.1) is 24.1 Å². The highest BCUT2D eigenvalue weighted by molar-refractivity contribution is 6.06. The molecule has 0 saturated carbocycles. The number of hydrogen-bond donors (Lipinski definition) is 0. The fourth-order valence-corrected chi connectivity index (χ4v) is 5.26. The maximum absolute atomic E-state index is 14.2. The fourth-order valence-electron chi connectivity index (χ4n) is 5.26. The first-order valence-corrected chi connectivity index (χ1v) is 13.5. The third kappa shape index (κ3) is 5.21. The van der Waals surface area contributed by atoms with Crippen molar-refractivity contribution in [2.24, 2.45) is 0 Å². The number of aromatic nitrogens is 2. The number of halogens is 3. The van der Waals surface area contributed by atoms with Crippen LogP contribution >= 0.6 is 0 Å². The lowest BCUT2D eigenvalue weighted by Gasteiger charge is -2.28. The molecular formula is C31H25F3N4O6. The second kappa shape index (κ2) is 11.1. The second-order valence-corrected chi connectivity index (χ2v) is 10.2. The standard InChI is InChI=1S/C31H25F3N4O6/c1-36(21-10-11-25-26(15-21)44-17-43-25)28(39)20-4-3-5-22(14-20)38-24-12-13-37(16-23(24)27(35-38)31(32,33)34)29(40)18-6-8-19(9-7-18)30(41)42-2/h3-11,14-15H,12-13,16-17H2,1-2H3. The van der Waals surface area contributed by atoms with Gasteiger partial charge in [0.15, 0.2) is 17.2 Å². The first kappa shape index (κ1) is 28.8. The second-order valence-electron chi connectivity index (χ2n) is 10.2.